The van der Waals surface area contributed by atoms with E-state index in [4.69, 9.17) is 5.73 Å². The van der Waals surface area contributed by atoms with E-state index in [1.165, 1.54) is 0 Å². The summed E-state index contributed by atoms with van der Waals surface area (Å²) in [7, 11) is -3.01. The van der Waals surface area contributed by atoms with Crippen LogP contribution < -0.4 is 5.73 Å². The molecule has 0 aliphatic rings. The molecule has 96 valence electrons. The summed E-state index contributed by atoms with van der Waals surface area (Å²) in [5.41, 5.74) is 5.46. The van der Waals surface area contributed by atoms with E-state index < -0.39 is 9.84 Å². The number of hydrogen-bond acceptors (Lipinski definition) is 4. The second-order valence-electron chi connectivity index (χ2n) is 4.31. The van der Waals surface area contributed by atoms with E-state index in [0.29, 0.717) is 18.9 Å². The van der Waals surface area contributed by atoms with Crippen LogP contribution in [-0.4, -0.2) is 32.8 Å². The first kappa shape index (κ1) is 15.6. The van der Waals surface area contributed by atoms with Crippen LogP contribution in [-0.2, 0) is 14.6 Å². The minimum absolute atomic E-state index is 0.0283. The van der Waals surface area contributed by atoms with E-state index in [0.717, 1.165) is 25.5 Å². The van der Waals surface area contributed by atoms with Gasteiger partial charge in [-0.1, -0.05) is 13.3 Å². The van der Waals surface area contributed by atoms with Crippen LogP contribution in [0.25, 0.3) is 0 Å². The minimum atomic E-state index is -3.01. The smallest absolute Gasteiger partial charge is 0.147 e. The molecule has 1 unspecified atom stereocenters. The highest BCUT2D eigenvalue weighted by Crippen LogP contribution is 2.15. The lowest BCUT2D eigenvalue weighted by molar-refractivity contribution is -0.119. The molecule has 0 aromatic rings. The van der Waals surface area contributed by atoms with Gasteiger partial charge in [-0.25, -0.2) is 8.42 Å². The van der Waals surface area contributed by atoms with Crippen LogP contribution in [0.3, 0.4) is 0 Å². The Morgan fingerprint density at radius 1 is 1.25 bits per heavy atom. The highest BCUT2D eigenvalue weighted by Gasteiger charge is 2.11. The monoisotopic (exact) mass is 249 g/mol. The van der Waals surface area contributed by atoms with Crippen LogP contribution in [0.2, 0.25) is 0 Å². The van der Waals surface area contributed by atoms with Crippen molar-refractivity contribution in [3.63, 3.8) is 0 Å². The molecule has 0 aromatic carbocycles. The fourth-order valence-electron chi connectivity index (χ4n) is 1.58. The first-order valence-corrected chi connectivity index (χ1v) is 7.84. The molecule has 0 spiro atoms. The van der Waals surface area contributed by atoms with Gasteiger partial charge < -0.3 is 5.73 Å². The Balaban J connectivity index is 3.80. The Morgan fingerprint density at radius 2 is 1.88 bits per heavy atom. The summed E-state index contributed by atoms with van der Waals surface area (Å²) in [6.45, 7) is 2.73. The fourth-order valence-corrected chi connectivity index (χ4v) is 2.18. The Morgan fingerprint density at radius 3 is 2.31 bits per heavy atom. The maximum absolute atomic E-state index is 11.4. The van der Waals surface area contributed by atoms with Crippen molar-refractivity contribution in [1.29, 1.82) is 0 Å². The Kier molecular flexibility index (Phi) is 7.58. The summed E-state index contributed by atoms with van der Waals surface area (Å²) in [5.74, 6) is 0.507. The highest BCUT2D eigenvalue weighted by molar-refractivity contribution is 7.90. The number of hydrogen-bond donors (Lipinski definition) is 1. The third-order valence-electron chi connectivity index (χ3n) is 2.74. The number of carbonyl (C=O) groups is 1. The summed E-state index contributed by atoms with van der Waals surface area (Å²) in [4.78, 5) is 11.4. The van der Waals surface area contributed by atoms with Crippen LogP contribution in [0.5, 0.6) is 0 Å². The molecular weight excluding hydrogens is 226 g/mol. The first-order chi connectivity index (χ1) is 7.39. The molecular formula is C11H23NO3S. The predicted molar refractivity (Wildman–Crippen MR) is 66.0 cm³/mol. The van der Waals surface area contributed by atoms with Crippen molar-refractivity contribution in [2.45, 2.75) is 39.0 Å². The average molecular weight is 249 g/mol. The SMILES string of the molecule is CCC(CCN)CCC(=O)CCS(C)(=O)=O. The molecule has 0 saturated carbocycles. The molecule has 0 amide bonds. The highest BCUT2D eigenvalue weighted by atomic mass is 32.2. The third kappa shape index (κ3) is 8.85. The van der Waals surface area contributed by atoms with Crippen LogP contribution in [0.15, 0.2) is 0 Å². The number of sulfone groups is 1. The van der Waals surface area contributed by atoms with Crippen molar-refractivity contribution in [3.05, 3.63) is 0 Å². The Labute approximate surface area is 98.5 Å². The minimum Gasteiger partial charge on any atom is -0.330 e. The number of ketones is 1. The zero-order chi connectivity index (χ0) is 12.6. The van der Waals surface area contributed by atoms with Crippen molar-refractivity contribution in [3.8, 4) is 0 Å². The molecule has 0 radical (unpaired) electrons. The van der Waals surface area contributed by atoms with E-state index in [2.05, 4.69) is 6.92 Å². The maximum atomic E-state index is 11.4. The molecule has 1 atom stereocenters. The van der Waals surface area contributed by atoms with Gasteiger partial charge in [-0.15, -0.1) is 0 Å². The molecule has 0 rings (SSSR count). The van der Waals surface area contributed by atoms with Gasteiger partial charge in [0.05, 0.1) is 5.75 Å². The molecule has 0 bridgehead atoms. The van der Waals surface area contributed by atoms with Gasteiger partial charge in [-0.05, 0) is 25.3 Å². The van der Waals surface area contributed by atoms with E-state index in [1.54, 1.807) is 0 Å². The zero-order valence-electron chi connectivity index (χ0n) is 10.2. The topological polar surface area (TPSA) is 77.2 Å². The largest absolute Gasteiger partial charge is 0.330 e. The lowest BCUT2D eigenvalue weighted by atomic mass is 9.95. The Hall–Kier alpha value is -0.420. The molecule has 0 fully saturated rings. The van der Waals surface area contributed by atoms with E-state index in [9.17, 15) is 13.2 Å². The maximum Gasteiger partial charge on any atom is 0.147 e. The summed E-state index contributed by atoms with van der Waals surface area (Å²) in [5, 5.41) is 0. The van der Waals surface area contributed by atoms with E-state index in [-0.39, 0.29) is 18.0 Å². The van der Waals surface area contributed by atoms with Crippen LogP contribution >= 0.6 is 0 Å². The van der Waals surface area contributed by atoms with Gasteiger partial charge in [-0.2, -0.15) is 0 Å². The number of carbonyl (C=O) groups excluding carboxylic acids is 1. The van der Waals surface area contributed by atoms with Gasteiger partial charge in [0, 0.05) is 19.1 Å². The summed E-state index contributed by atoms with van der Waals surface area (Å²) in [6.07, 6.45) is 4.58. The molecule has 5 heteroatoms. The zero-order valence-corrected chi connectivity index (χ0v) is 11.1. The third-order valence-corrected chi connectivity index (χ3v) is 3.68. The first-order valence-electron chi connectivity index (χ1n) is 5.78. The molecule has 0 saturated heterocycles. The molecule has 4 nitrogen and oxygen atoms in total. The van der Waals surface area contributed by atoms with Crippen molar-refractivity contribution < 1.29 is 13.2 Å². The van der Waals surface area contributed by atoms with Gasteiger partial charge in [0.1, 0.15) is 15.6 Å². The van der Waals surface area contributed by atoms with Crippen molar-refractivity contribution in [2.24, 2.45) is 11.7 Å². The van der Waals surface area contributed by atoms with E-state index in [1.807, 2.05) is 0 Å². The van der Waals surface area contributed by atoms with Crippen LogP contribution in [0.4, 0.5) is 0 Å². The van der Waals surface area contributed by atoms with Crippen molar-refractivity contribution >= 4 is 15.6 Å². The summed E-state index contributed by atoms with van der Waals surface area (Å²) >= 11 is 0. The lowest BCUT2D eigenvalue weighted by Gasteiger charge is -2.12. The van der Waals surface area contributed by atoms with Gasteiger partial charge in [0.15, 0.2) is 0 Å². The Bertz CT molecular complexity index is 298. The average Bonchev–Trinajstić information content (AvgIpc) is 2.20. The lowest BCUT2D eigenvalue weighted by Crippen LogP contribution is -2.12. The number of nitrogens with two attached hydrogens (primary N) is 1. The molecule has 0 aromatic heterocycles. The second kappa shape index (κ2) is 7.79. The standard InChI is InChI=1S/C11H23NO3S/c1-3-10(6-8-12)4-5-11(13)7-9-16(2,14)15/h10H,3-9,12H2,1-2H3. The molecule has 0 aliphatic heterocycles. The second-order valence-corrected chi connectivity index (χ2v) is 6.57. The van der Waals surface area contributed by atoms with Gasteiger partial charge in [-0.3, -0.25) is 4.79 Å². The predicted octanol–water partition coefficient (Wildman–Crippen LogP) is 1.15. The molecule has 2 N–H and O–H groups in total. The van der Waals surface area contributed by atoms with Crippen molar-refractivity contribution in [2.75, 3.05) is 18.6 Å². The summed E-state index contributed by atoms with van der Waals surface area (Å²) < 4.78 is 21.7. The summed E-state index contributed by atoms with van der Waals surface area (Å²) in [6, 6.07) is 0. The van der Waals surface area contributed by atoms with Gasteiger partial charge in [0.25, 0.3) is 0 Å². The number of rotatable bonds is 9. The van der Waals surface area contributed by atoms with E-state index >= 15 is 0 Å². The quantitative estimate of drug-likeness (QED) is 0.665. The van der Waals surface area contributed by atoms with Crippen molar-refractivity contribution in [1.82, 2.24) is 0 Å². The number of Topliss-reactive ketones (excluding diaryl/α,β-unsaturated/α-hetero) is 1. The van der Waals surface area contributed by atoms with Gasteiger partial charge >= 0.3 is 0 Å². The van der Waals surface area contributed by atoms with Crippen LogP contribution in [0, 0.1) is 5.92 Å². The molecule has 0 aliphatic carbocycles. The van der Waals surface area contributed by atoms with Gasteiger partial charge in [0.2, 0.25) is 0 Å². The fraction of sp³-hybridized carbons (Fsp3) is 0.909. The normalized spacial score (nSPS) is 13.7. The molecule has 0 heterocycles. The molecule has 16 heavy (non-hydrogen) atoms. The van der Waals surface area contributed by atoms with Crippen LogP contribution in [0.1, 0.15) is 39.0 Å².